The van der Waals surface area contributed by atoms with Crippen molar-refractivity contribution in [1.82, 2.24) is 4.98 Å². The first kappa shape index (κ1) is 16.3. The molecule has 0 aliphatic heterocycles. The zero-order chi connectivity index (χ0) is 16.6. The number of rotatable bonds is 5. The minimum atomic E-state index is 0.00546. The summed E-state index contributed by atoms with van der Waals surface area (Å²) >= 11 is 7.90. The van der Waals surface area contributed by atoms with Gasteiger partial charge in [0, 0.05) is 17.0 Å². The molecule has 0 spiro atoms. The van der Waals surface area contributed by atoms with Gasteiger partial charge in [-0.1, -0.05) is 25.4 Å². The molecule has 0 aromatic carbocycles. The molecule has 0 radical (unpaired) electrons. The second kappa shape index (κ2) is 6.51. The molecule has 6 heteroatoms. The van der Waals surface area contributed by atoms with Crippen LogP contribution in [0.25, 0.3) is 10.2 Å². The second-order valence-corrected chi connectivity index (χ2v) is 7.40. The average molecular weight is 350 g/mol. The molecule has 122 valence electrons. The molecule has 0 amide bonds. The number of fused-ring (bicyclic) bond motifs is 1. The van der Waals surface area contributed by atoms with Crippen molar-refractivity contribution in [3.05, 3.63) is 45.8 Å². The van der Waals surface area contributed by atoms with Crippen molar-refractivity contribution >= 4 is 38.8 Å². The quantitative estimate of drug-likeness (QED) is 0.627. The molecule has 3 heterocycles. The Morgan fingerprint density at radius 3 is 2.87 bits per heavy atom. The highest BCUT2D eigenvalue weighted by Gasteiger charge is 2.20. The van der Waals surface area contributed by atoms with Crippen LogP contribution in [0.5, 0.6) is 0 Å². The van der Waals surface area contributed by atoms with E-state index in [-0.39, 0.29) is 6.04 Å². The molecule has 0 saturated heterocycles. The zero-order valence-electron chi connectivity index (χ0n) is 13.4. The molecule has 0 saturated carbocycles. The third-order valence-electron chi connectivity index (χ3n) is 3.93. The van der Waals surface area contributed by atoms with Gasteiger partial charge >= 0.3 is 0 Å². The van der Waals surface area contributed by atoms with E-state index in [1.165, 1.54) is 4.88 Å². The lowest BCUT2D eigenvalue weighted by molar-refractivity contribution is 0.518. The number of hydrogen-bond donors (Lipinski definition) is 2. The van der Waals surface area contributed by atoms with Crippen LogP contribution in [0.15, 0.2) is 28.9 Å². The monoisotopic (exact) mass is 349 g/mol. The van der Waals surface area contributed by atoms with Gasteiger partial charge in [-0.15, -0.1) is 11.3 Å². The van der Waals surface area contributed by atoms with Crippen LogP contribution in [0.3, 0.4) is 0 Å². The molecule has 0 unspecified atom stereocenters. The third-order valence-corrected chi connectivity index (χ3v) is 5.54. The Bertz CT molecular complexity index is 811. The van der Waals surface area contributed by atoms with E-state index in [1.54, 1.807) is 17.6 Å². The number of nitrogens with one attached hydrogen (secondary N) is 1. The van der Waals surface area contributed by atoms with Crippen LogP contribution in [0.4, 0.5) is 5.69 Å². The van der Waals surface area contributed by atoms with Gasteiger partial charge in [0.25, 0.3) is 0 Å². The van der Waals surface area contributed by atoms with Gasteiger partial charge < -0.3 is 15.5 Å². The first-order chi connectivity index (χ1) is 11.0. The van der Waals surface area contributed by atoms with Gasteiger partial charge in [-0.05, 0) is 30.5 Å². The standard InChI is InChI=1S/C17H20ClN3OS/c1-9(2)14(19)16-10(3)15-17(23-16)12(7-13(18)21-15)20-8-11-5-4-6-22-11/h4-7,9,14H,8,19H2,1-3H3,(H,20,21)/t14-/m0/s1. The summed E-state index contributed by atoms with van der Waals surface area (Å²) in [6, 6.07) is 5.67. The fourth-order valence-corrected chi connectivity index (χ4v) is 4.12. The van der Waals surface area contributed by atoms with Gasteiger partial charge in [-0.25, -0.2) is 4.98 Å². The fraction of sp³-hybridized carbons (Fsp3) is 0.353. The van der Waals surface area contributed by atoms with Crippen LogP contribution in [-0.2, 0) is 6.54 Å². The number of anilines is 1. The molecule has 3 aromatic rings. The summed E-state index contributed by atoms with van der Waals surface area (Å²) in [4.78, 5) is 5.67. The maximum atomic E-state index is 6.36. The Kier molecular flexibility index (Phi) is 4.62. The highest BCUT2D eigenvalue weighted by Crippen LogP contribution is 2.40. The molecule has 3 N–H and O–H groups in total. The lowest BCUT2D eigenvalue weighted by Crippen LogP contribution is -2.16. The van der Waals surface area contributed by atoms with E-state index >= 15 is 0 Å². The SMILES string of the molecule is Cc1c([C@@H](N)C(C)C)sc2c(NCc3ccco3)cc(Cl)nc12. The van der Waals surface area contributed by atoms with Crippen LogP contribution < -0.4 is 11.1 Å². The Balaban J connectivity index is 2.02. The number of nitrogens with zero attached hydrogens (tertiary/aromatic N) is 1. The molecule has 1 atom stereocenters. The van der Waals surface area contributed by atoms with Gasteiger partial charge in [0.05, 0.1) is 28.7 Å². The highest BCUT2D eigenvalue weighted by atomic mass is 35.5. The van der Waals surface area contributed by atoms with Crippen molar-refractivity contribution < 1.29 is 4.42 Å². The number of furan rings is 1. The molecule has 0 aliphatic carbocycles. The van der Waals surface area contributed by atoms with Crippen molar-refractivity contribution in [1.29, 1.82) is 0 Å². The third kappa shape index (κ3) is 3.22. The summed E-state index contributed by atoms with van der Waals surface area (Å²) < 4.78 is 6.46. The summed E-state index contributed by atoms with van der Waals surface area (Å²) in [5.41, 5.74) is 9.37. The van der Waals surface area contributed by atoms with E-state index in [1.807, 2.05) is 18.2 Å². The lowest BCUT2D eigenvalue weighted by atomic mass is 10.0. The maximum absolute atomic E-state index is 6.36. The van der Waals surface area contributed by atoms with Gasteiger partial charge in [0.2, 0.25) is 0 Å². The number of halogens is 1. The molecule has 3 aromatic heterocycles. The van der Waals surface area contributed by atoms with Crippen molar-refractivity contribution in [3.8, 4) is 0 Å². The van der Waals surface area contributed by atoms with Crippen LogP contribution in [0.1, 0.15) is 36.1 Å². The minimum absolute atomic E-state index is 0.00546. The lowest BCUT2D eigenvalue weighted by Gasteiger charge is -2.14. The zero-order valence-corrected chi connectivity index (χ0v) is 15.0. The first-order valence-corrected chi connectivity index (χ1v) is 8.78. The van der Waals surface area contributed by atoms with Crippen molar-refractivity contribution in [2.45, 2.75) is 33.4 Å². The number of pyridine rings is 1. The van der Waals surface area contributed by atoms with Crippen LogP contribution in [0.2, 0.25) is 5.15 Å². The molecule has 3 rings (SSSR count). The summed E-state index contributed by atoms with van der Waals surface area (Å²) in [6.45, 7) is 6.93. The van der Waals surface area contributed by atoms with Gasteiger partial charge in [-0.3, -0.25) is 0 Å². The number of aryl methyl sites for hydroxylation is 1. The number of hydrogen-bond acceptors (Lipinski definition) is 5. The predicted molar refractivity (Wildman–Crippen MR) is 97.2 cm³/mol. The highest BCUT2D eigenvalue weighted by molar-refractivity contribution is 7.20. The molecule has 0 fully saturated rings. The molecular formula is C17H20ClN3OS. The van der Waals surface area contributed by atoms with E-state index in [2.05, 4.69) is 31.1 Å². The van der Waals surface area contributed by atoms with E-state index in [0.717, 1.165) is 27.2 Å². The normalized spacial score (nSPS) is 13.0. The molecule has 0 bridgehead atoms. The summed E-state index contributed by atoms with van der Waals surface area (Å²) in [5, 5.41) is 3.87. The Morgan fingerprint density at radius 1 is 1.43 bits per heavy atom. The molecule has 23 heavy (non-hydrogen) atoms. The molecule has 4 nitrogen and oxygen atoms in total. The second-order valence-electron chi connectivity index (χ2n) is 5.96. The summed E-state index contributed by atoms with van der Waals surface area (Å²) in [7, 11) is 0. The van der Waals surface area contributed by atoms with Gasteiger partial charge in [0.1, 0.15) is 10.9 Å². The van der Waals surface area contributed by atoms with E-state index in [0.29, 0.717) is 17.6 Å². The van der Waals surface area contributed by atoms with Crippen LogP contribution in [-0.4, -0.2) is 4.98 Å². The van der Waals surface area contributed by atoms with Gasteiger partial charge in [-0.2, -0.15) is 0 Å². The van der Waals surface area contributed by atoms with Crippen LogP contribution >= 0.6 is 22.9 Å². The Labute approximate surface area is 144 Å². The predicted octanol–water partition coefficient (Wildman–Crippen LogP) is 5.12. The topological polar surface area (TPSA) is 64.1 Å². The first-order valence-electron chi connectivity index (χ1n) is 7.58. The Morgan fingerprint density at radius 2 is 2.22 bits per heavy atom. The fourth-order valence-electron chi connectivity index (χ4n) is 2.51. The van der Waals surface area contributed by atoms with Crippen molar-refractivity contribution in [2.24, 2.45) is 11.7 Å². The summed E-state index contributed by atoms with van der Waals surface area (Å²) in [6.07, 6.45) is 1.67. The number of nitrogens with two attached hydrogens (primary N) is 1. The van der Waals surface area contributed by atoms with Crippen molar-refractivity contribution in [3.63, 3.8) is 0 Å². The van der Waals surface area contributed by atoms with Crippen LogP contribution in [0, 0.1) is 12.8 Å². The van der Waals surface area contributed by atoms with E-state index in [4.69, 9.17) is 21.8 Å². The van der Waals surface area contributed by atoms with Gasteiger partial charge in [0.15, 0.2) is 0 Å². The summed E-state index contributed by atoms with van der Waals surface area (Å²) in [5.74, 6) is 1.25. The molecular weight excluding hydrogens is 330 g/mol. The maximum Gasteiger partial charge on any atom is 0.131 e. The minimum Gasteiger partial charge on any atom is -0.467 e. The molecule has 0 aliphatic rings. The van der Waals surface area contributed by atoms with E-state index < -0.39 is 0 Å². The number of aromatic nitrogens is 1. The number of thiophene rings is 1. The largest absolute Gasteiger partial charge is 0.467 e. The smallest absolute Gasteiger partial charge is 0.131 e. The Hall–Kier alpha value is -1.56. The average Bonchev–Trinajstić information content (AvgIpc) is 3.13. The van der Waals surface area contributed by atoms with E-state index in [9.17, 15) is 0 Å². The van der Waals surface area contributed by atoms with Crippen molar-refractivity contribution in [2.75, 3.05) is 5.32 Å².